The van der Waals surface area contributed by atoms with Crippen LogP contribution in [0.1, 0.15) is 17.2 Å². The fraction of sp³-hybridized carbons (Fsp3) is 0.167. The van der Waals surface area contributed by atoms with Gasteiger partial charge in [-0.1, -0.05) is 15.9 Å². The zero-order valence-corrected chi connectivity index (χ0v) is 11.1. The molecule has 18 heavy (non-hydrogen) atoms. The standard InChI is InChI=1S/C12H10BrF2N3/c1-16-12(7-4-17-6-18-5-7)11-9(14)2-8(13)3-10(11)15/h2-6,12,16H,1H3. The largest absolute Gasteiger partial charge is 0.309 e. The van der Waals surface area contributed by atoms with Gasteiger partial charge in [0.15, 0.2) is 0 Å². The van der Waals surface area contributed by atoms with Crippen molar-refractivity contribution >= 4 is 15.9 Å². The van der Waals surface area contributed by atoms with Crippen molar-refractivity contribution in [2.45, 2.75) is 6.04 Å². The van der Waals surface area contributed by atoms with Gasteiger partial charge < -0.3 is 5.32 Å². The van der Waals surface area contributed by atoms with Crippen molar-refractivity contribution in [1.82, 2.24) is 15.3 Å². The van der Waals surface area contributed by atoms with Crippen molar-refractivity contribution < 1.29 is 8.78 Å². The van der Waals surface area contributed by atoms with Gasteiger partial charge in [0.2, 0.25) is 0 Å². The summed E-state index contributed by atoms with van der Waals surface area (Å²) in [7, 11) is 1.62. The molecule has 0 radical (unpaired) electrons. The molecular weight excluding hydrogens is 304 g/mol. The molecule has 1 aromatic heterocycles. The quantitative estimate of drug-likeness (QED) is 0.947. The lowest BCUT2D eigenvalue weighted by atomic mass is 10.0. The molecule has 2 aromatic rings. The van der Waals surface area contributed by atoms with Gasteiger partial charge in [0.1, 0.15) is 18.0 Å². The Labute approximate surface area is 111 Å². The number of rotatable bonds is 3. The van der Waals surface area contributed by atoms with Crippen LogP contribution in [0.4, 0.5) is 8.78 Å². The minimum atomic E-state index is -0.626. The molecule has 1 aromatic carbocycles. The molecule has 1 unspecified atom stereocenters. The topological polar surface area (TPSA) is 37.8 Å². The second-order valence-electron chi connectivity index (χ2n) is 3.68. The van der Waals surface area contributed by atoms with Crippen molar-refractivity contribution in [2.75, 3.05) is 7.05 Å². The lowest BCUT2D eigenvalue weighted by molar-refractivity contribution is 0.520. The summed E-state index contributed by atoms with van der Waals surface area (Å²) in [6.07, 6.45) is 4.41. The SMILES string of the molecule is CNC(c1cncnc1)c1c(F)cc(Br)cc1F. The first-order valence-corrected chi connectivity index (χ1v) is 5.99. The summed E-state index contributed by atoms with van der Waals surface area (Å²) in [4.78, 5) is 7.70. The van der Waals surface area contributed by atoms with E-state index >= 15 is 0 Å². The van der Waals surface area contributed by atoms with E-state index in [2.05, 4.69) is 31.2 Å². The minimum absolute atomic E-state index is 0.0458. The second-order valence-corrected chi connectivity index (χ2v) is 4.59. The number of nitrogens with one attached hydrogen (secondary N) is 1. The fourth-order valence-corrected chi connectivity index (χ4v) is 2.17. The van der Waals surface area contributed by atoms with Gasteiger partial charge in [-0.2, -0.15) is 0 Å². The predicted octanol–water partition coefficient (Wildman–Crippen LogP) is 2.83. The summed E-state index contributed by atoms with van der Waals surface area (Å²) in [5, 5.41) is 2.86. The van der Waals surface area contributed by atoms with Crippen LogP contribution >= 0.6 is 15.9 Å². The number of hydrogen-bond donors (Lipinski definition) is 1. The molecule has 0 bridgehead atoms. The molecule has 1 N–H and O–H groups in total. The Bertz CT molecular complexity index is 525. The van der Waals surface area contributed by atoms with E-state index in [0.29, 0.717) is 10.0 Å². The number of benzene rings is 1. The van der Waals surface area contributed by atoms with E-state index in [-0.39, 0.29) is 5.56 Å². The molecule has 0 aliphatic rings. The molecule has 0 spiro atoms. The zero-order chi connectivity index (χ0) is 13.1. The van der Waals surface area contributed by atoms with Gasteiger partial charge in [0, 0.05) is 28.0 Å². The first-order chi connectivity index (χ1) is 8.63. The van der Waals surface area contributed by atoms with Gasteiger partial charge in [-0.3, -0.25) is 0 Å². The Kier molecular flexibility index (Phi) is 3.98. The molecule has 6 heteroatoms. The highest BCUT2D eigenvalue weighted by atomic mass is 79.9. The summed E-state index contributed by atoms with van der Waals surface area (Å²) in [6.45, 7) is 0. The lowest BCUT2D eigenvalue weighted by Gasteiger charge is -2.18. The van der Waals surface area contributed by atoms with Gasteiger partial charge in [-0.05, 0) is 19.2 Å². The van der Waals surface area contributed by atoms with Gasteiger partial charge in [0.25, 0.3) is 0 Å². The first kappa shape index (κ1) is 13.0. The molecule has 94 valence electrons. The molecule has 3 nitrogen and oxygen atoms in total. The van der Waals surface area contributed by atoms with Crippen LogP contribution in [-0.4, -0.2) is 17.0 Å². The average molecular weight is 314 g/mol. The Hall–Kier alpha value is -1.40. The molecule has 0 saturated heterocycles. The van der Waals surface area contributed by atoms with Crippen LogP contribution in [0, 0.1) is 11.6 Å². The minimum Gasteiger partial charge on any atom is -0.309 e. The van der Waals surface area contributed by atoms with Crippen molar-refractivity contribution in [3.05, 3.63) is 58.1 Å². The smallest absolute Gasteiger partial charge is 0.132 e. The molecule has 1 heterocycles. The summed E-state index contributed by atoms with van der Waals surface area (Å²) < 4.78 is 28.1. The highest BCUT2D eigenvalue weighted by molar-refractivity contribution is 9.10. The molecule has 0 aliphatic heterocycles. The van der Waals surface area contributed by atoms with Crippen molar-refractivity contribution in [3.63, 3.8) is 0 Å². The van der Waals surface area contributed by atoms with Crippen LogP contribution in [0.3, 0.4) is 0 Å². The third-order valence-electron chi connectivity index (χ3n) is 2.54. The Balaban J connectivity index is 2.52. The fourth-order valence-electron chi connectivity index (χ4n) is 1.77. The number of halogens is 3. The zero-order valence-electron chi connectivity index (χ0n) is 9.49. The summed E-state index contributed by atoms with van der Waals surface area (Å²) in [5.41, 5.74) is 0.552. The van der Waals surface area contributed by atoms with Crippen LogP contribution in [0.25, 0.3) is 0 Å². The van der Waals surface area contributed by atoms with Crippen molar-refractivity contribution in [3.8, 4) is 0 Å². The van der Waals surface area contributed by atoms with Crippen molar-refractivity contribution in [1.29, 1.82) is 0 Å². The molecule has 0 amide bonds. The Morgan fingerprint density at radius 3 is 2.22 bits per heavy atom. The molecule has 0 fully saturated rings. The normalized spacial score (nSPS) is 12.4. The van der Waals surface area contributed by atoms with Crippen LogP contribution in [0.15, 0.2) is 35.3 Å². The predicted molar refractivity (Wildman–Crippen MR) is 67.0 cm³/mol. The van der Waals surface area contributed by atoms with E-state index < -0.39 is 17.7 Å². The van der Waals surface area contributed by atoms with Gasteiger partial charge in [-0.15, -0.1) is 0 Å². The van der Waals surface area contributed by atoms with E-state index in [1.54, 1.807) is 7.05 Å². The summed E-state index contributed by atoms with van der Waals surface area (Å²) in [6, 6.07) is 1.83. The van der Waals surface area contributed by atoms with Crippen LogP contribution in [-0.2, 0) is 0 Å². The maximum atomic E-state index is 13.9. The van der Waals surface area contributed by atoms with E-state index in [4.69, 9.17) is 0 Å². The van der Waals surface area contributed by atoms with Gasteiger partial charge >= 0.3 is 0 Å². The Morgan fingerprint density at radius 1 is 1.17 bits per heavy atom. The molecule has 0 saturated carbocycles. The highest BCUT2D eigenvalue weighted by Gasteiger charge is 2.21. The highest BCUT2D eigenvalue weighted by Crippen LogP contribution is 2.28. The maximum Gasteiger partial charge on any atom is 0.132 e. The third kappa shape index (κ3) is 2.54. The van der Waals surface area contributed by atoms with E-state index in [1.807, 2.05) is 0 Å². The van der Waals surface area contributed by atoms with Gasteiger partial charge in [0.05, 0.1) is 6.04 Å². The van der Waals surface area contributed by atoms with E-state index in [9.17, 15) is 8.78 Å². The van der Waals surface area contributed by atoms with E-state index in [1.165, 1.54) is 30.9 Å². The first-order valence-electron chi connectivity index (χ1n) is 5.20. The number of hydrogen-bond acceptors (Lipinski definition) is 3. The van der Waals surface area contributed by atoms with Crippen LogP contribution in [0.5, 0.6) is 0 Å². The maximum absolute atomic E-state index is 13.9. The average Bonchev–Trinajstić information content (AvgIpc) is 2.34. The van der Waals surface area contributed by atoms with Gasteiger partial charge in [-0.25, -0.2) is 18.7 Å². The summed E-state index contributed by atoms with van der Waals surface area (Å²) in [5.74, 6) is -1.24. The monoisotopic (exact) mass is 313 g/mol. The van der Waals surface area contributed by atoms with Crippen molar-refractivity contribution in [2.24, 2.45) is 0 Å². The number of nitrogens with zero attached hydrogens (tertiary/aromatic N) is 2. The van der Waals surface area contributed by atoms with E-state index in [0.717, 1.165) is 0 Å². The third-order valence-corrected chi connectivity index (χ3v) is 2.99. The Morgan fingerprint density at radius 2 is 1.72 bits per heavy atom. The molecule has 0 aliphatic carbocycles. The molecule has 1 atom stereocenters. The second kappa shape index (κ2) is 5.49. The summed E-state index contributed by atoms with van der Waals surface area (Å²) >= 11 is 3.05. The molecular formula is C12H10BrF2N3. The number of aromatic nitrogens is 2. The van der Waals surface area contributed by atoms with Crippen LogP contribution in [0.2, 0.25) is 0 Å². The molecule has 2 rings (SSSR count). The lowest BCUT2D eigenvalue weighted by Crippen LogP contribution is -2.20. The van der Waals surface area contributed by atoms with Crippen LogP contribution < -0.4 is 5.32 Å².